The molecule has 0 saturated carbocycles. The zero-order chi connectivity index (χ0) is 12.3. The van der Waals surface area contributed by atoms with Crippen molar-refractivity contribution in [2.45, 2.75) is 11.4 Å². The first-order valence-corrected chi connectivity index (χ1v) is 6.14. The number of H-pyrrole nitrogens is 1. The first-order valence-electron chi connectivity index (χ1n) is 4.66. The second-order valence-electron chi connectivity index (χ2n) is 3.18. The van der Waals surface area contributed by atoms with Crippen LogP contribution in [0, 0.1) is 0 Å². The van der Waals surface area contributed by atoms with Crippen LogP contribution in [0.2, 0.25) is 0 Å². The van der Waals surface area contributed by atoms with Gasteiger partial charge in [0.1, 0.15) is 4.90 Å². The minimum atomic E-state index is -3.85. The standard InChI is InChI=1S/C9H9N3O4S/c13-8-2-3-10-6-9(8)17(14,15)12-5-7-1-4-11-16-7/h1-4,6,12H,5H2,(H,10,13). The molecule has 0 unspecified atom stereocenters. The number of aromatic nitrogens is 2. The molecule has 8 heteroatoms. The van der Waals surface area contributed by atoms with Crippen molar-refractivity contribution >= 4 is 10.0 Å². The molecule has 0 saturated heterocycles. The van der Waals surface area contributed by atoms with Gasteiger partial charge >= 0.3 is 0 Å². The van der Waals surface area contributed by atoms with Crippen LogP contribution in [0.15, 0.2) is 44.9 Å². The first-order chi connectivity index (χ1) is 8.09. The molecule has 2 heterocycles. The molecule has 17 heavy (non-hydrogen) atoms. The van der Waals surface area contributed by atoms with Crippen molar-refractivity contribution in [2.24, 2.45) is 0 Å². The Morgan fingerprint density at radius 1 is 1.41 bits per heavy atom. The molecule has 0 bridgehead atoms. The molecule has 2 aromatic rings. The maximum atomic E-state index is 11.8. The van der Waals surface area contributed by atoms with Gasteiger partial charge in [0.15, 0.2) is 5.76 Å². The minimum Gasteiger partial charge on any atom is -0.366 e. The van der Waals surface area contributed by atoms with E-state index in [4.69, 9.17) is 4.52 Å². The van der Waals surface area contributed by atoms with Crippen molar-refractivity contribution in [3.05, 3.63) is 46.7 Å². The van der Waals surface area contributed by atoms with Gasteiger partial charge in [-0.2, -0.15) is 0 Å². The van der Waals surface area contributed by atoms with Crippen molar-refractivity contribution in [2.75, 3.05) is 0 Å². The topological polar surface area (TPSA) is 105 Å². The van der Waals surface area contributed by atoms with E-state index >= 15 is 0 Å². The monoisotopic (exact) mass is 255 g/mol. The fraction of sp³-hybridized carbons (Fsp3) is 0.111. The number of hydrogen-bond donors (Lipinski definition) is 2. The predicted octanol–water partition coefficient (Wildman–Crippen LogP) is -0.159. The molecule has 0 fully saturated rings. The van der Waals surface area contributed by atoms with Gasteiger partial charge in [0.05, 0.1) is 12.7 Å². The number of nitrogens with one attached hydrogen (secondary N) is 2. The Kier molecular flexibility index (Phi) is 3.07. The van der Waals surface area contributed by atoms with E-state index in [2.05, 4.69) is 14.9 Å². The molecule has 0 atom stereocenters. The van der Waals surface area contributed by atoms with E-state index in [1.54, 1.807) is 0 Å². The molecule has 0 aromatic carbocycles. The van der Waals surface area contributed by atoms with Crippen LogP contribution in [-0.2, 0) is 16.6 Å². The van der Waals surface area contributed by atoms with E-state index in [0.717, 1.165) is 12.3 Å². The molecule has 0 radical (unpaired) electrons. The van der Waals surface area contributed by atoms with Gasteiger partial charge in [-0.3, -0.25) is 4.79 Å². The lowest BCUT2D eigenvalue weighted by Crippen LogP contribution is -2.27. The van der Waals surface area contributed by atoms with E-state index in [1.807, 2.05) is 0 Å². The Hall–Kier alpha value is -1.93. The maximum Gasteiger partial charge on any atom is 0.246 e. The minimum absolute atomic E-state index is 0.0589. The molecule has 2 N–H and O–H groups in total. The first kappa shape index (κ1) is 11.6. The number of sulfonamides is 1. The largest absolute Gasteiger partial charge is 0.366 e. The number of pyridine rings is 1. The van der Waals surface area contributed by atoms with Crippen LogP contribution in [-0.4, -0.2) is 18.6 Å². The van der Waals surface area contributed by atoms with Gasteiger partial charge in [-0.1, -0.05) is 5.16 Å². The number of aromatic amines is 1. The summed E-state index contributed by atoms with van der Waals surface area (Å²) in [4.78, 5) is 13.6. The van der Waals surface area contributed by atoms with Crippen molar-refractivity contribution in [1.29, 1.82) is 0 Å². The molecule has 0 aliphatic heterocycles. The zero-order valence-electron chi connectivity index (χ0n) is 8.58. The fourth-order valence-corrected chi connectivity index (χ4v) is 2.23. The van der Waals surface area contributed by atoms with Gasteiger partial charge < -0.3 is 9.51 Å². The molecular formula is C9H9N3O4S. The second kappa shape index (κ2) is 4.52. The quantitative estimate of drug-likeness (QED) is 0.789. The fourth-order valence-electron chi connectivity index (χ4n) is 1.19. The highest BCUT2D eigenvalue weighted by atomic mass is 32.2. The Labute approximate surface area is 96.5 Å². The van der Waals surface area contributed by atoms with Crippen LogP contribution in [0.4, 0.5) is 0 Å². The molecule has 2 aromatic heterocycles. The summed E-state index contributed by atoms with van der Waals surface area (Å²) in [6.07, 6.45) is 3.89. The average molecular weight is 255 g/mol. The summed E-state index contributed by atoms with van der Waals surface area (Å²) >= 11 is 0. The summed E-state index contributed by atoms with van der Waals surface area (Å²) in [5.74, 6) is 0.362. The van der Waals surface area contributed by atoms with Crippen molar-refractivity contribution in [1.82, 2.24) is 14.9 Å². The SMILES string of the molecule is O=c1cc[nH]cc1S(=O)(=O)NCc1ccno1. The predicted molar refractivity (Wildman–Crippen MR) is 57.6 cm³/mol. The van der Waals surface area contributed by atoms with Gasteiger partial charge in [0.2, 0.25) is 15.5 Å². The van der Waals surface area contributed by atoms with Crippen LogP contribution in [0.1, 0.15) is 5.76 Å². The molecule has 7 nitrogen and oxygen atoms in total. The van der Waals surface area contributed by atoms with Gasteiger partial charge in [0, 0.05) is 24.5 Å². The molecule has 2 rings (SSSR count). The van der Waals surface area contributed by atoms with Crippen LogP contribution in [0.3, 0.4) is 0 Å². The molecule has 0 amide bonds. The lowest BCUT2D eigenvalue weighted by Gasteiger charge is -2.03. The summed E-state index contributed by atoms with van der Waals surface area (Å²) in [6.45, 7) is -0.0589. The highest BCUT2D eigenvalue weighted by Gasteiger charge is 2.17. The third-order valence-corrected chi connectivity index (χ3v) is 3.43. The van der Waals surface area contributed by atoms with Crippen LogP contribution < -0.4 is 10.2 Å². The normalized spacial score (nSPS) is 11.5. The highest BCUT2D eigenvalue weighted by Crippen LogP contribution is 2.02. The van der Waals surface area contributed by atoms with Crippen LogP contribution in [0.5, 0.6) is 0 Å². The Morgan fingerprint density at radius 3 is 2.88 bits per heavy atom. The lowest BCUT2D eigenvalue weighted by molar-refractivity contribution is 0.380. The van der Waals surface area contributed by atoms with Gasteiger partial charge in [-0.25, -0.2) is 13.1 Å². The molecular weight excluding hydrogens is 246 g/mol. The second-order valence-corrected chi connectivity index (χ2v) is 4.91. The Balaban J connectivity index is 2.20. The highest BCUT2D eigenvalue weighted by molar-refractivity contribution is 7.89. The van der Waals surface area contributed by atoms with E-state index in [0.29, 0.717) is 5.76 Å². The molecule has 90 valence electrons. The van der Waals surface area contributed by atoms with E-state index < -0.39 is 15.5 Å². The summed E-state index contributed by atoms with van der Waals surface area (Å²) in [7, 11) is -3.85. The smallest absolute Gasteiger partial charge is 0.246 e. The van der Waals surface area contributed by atoms with Crippen molar-refractivity contribution in [3.63, 3.8) is 0 Å². The van der Waals surface area contributed by atoms with E-state index in [9.17, 15) is 13.2 Å². The van der Waals surface area contributed by atoms with Gasteiger partial charge in [-0.05, 0) is 0 Å². The summed E-state index contributed by atoms with van der Waals surface area (Å²) in [6, 6.07) is 2.67. The zero-order valence-corrected chi connectivity index (χ0v) is 9.40. The van der Waals surface area contributed by atoms with E-state index in [-0.39, 0.29) is 11.4 Å². The van der Waals surface area contributed by atoms with Crippen LogP contribution in [0.25, 0.3) is 0 Å². The number of rotatable bonds is 4. The van der Waals surface area contributed by atoms with Crippen molar-refractivity contribution in [3.8, 4) is 0 Å². The molecule has 0 aliphatic carbocycles. The Bertz CT molecular complexity index is 645. The third kappa shape index (κ3) is 2.60. The van der Waals surface area contributed by atoms with Crippen LogP contribution >= 0.6 is 0 Å². The Morgan fingerprint density at radius 2 is 2.24 bits per heavy atom. The maximum absolute atomic E-state index is 11.8. The average Bonchev–Trinajstić information content (AvgIpc) is 2.80. The lowest BCUT2D eigenvalue weighted by atomic mass is 10.5. The van der Waals surface area contributed by atoms with Gasteiger partial charge in [-0.15, -0.1) is 0 Å². The van der Waals surface area contributed by atoms with E-state index in [1.165, 1.54) is 18.5 Å². The number of hydrogen-bond acceptors (Lipinski definition) is 5. The van der Waals surface area contributed by atoms with Gasteiger partial charge in [0.25, 0.3) is 0 Å². The molecule has 0 aliphatic rings. The third-order valence-electron chi connectivity index (χ3n) is 2.01. The number of nitrogens with zero attached hydrogens (tertiary/aromatic N) is 1. The summed E-state index contributed by atoms with van der Waals surface area (Å²) < 4.78 is 30.5. The molecule has 0 spiro atoms. The summed E-state index contributed by atoms with van der Waals surface area (Å²) in [5, 5.41) is 3.44. The summed E-state index contributed by atoms with van der Waals surface area (Å²) in [5.41, 5.74) is -0.575. The van der Waals surface area contributed by atoms with Crippen molar-refractivity contribution < 1.29 is 12.9 Å².